The minimum atomic E-state index is -4.75. The molecule has 4 aromatic rings. The van der Waals surface area contributed by atoms with Crippen molar-refractivity contribution in [2.75, 3.05) is 12.3 Å². The van der Waals surface area contributed by atoms with E-state index in [2.05, 4.69) is 32.9 Å². The molecule has 14 nitrogen and oxygen atoms in total. The first-order chi connectivity index (χ1) is 27.2. The van der Waals surface area contributed by atoms with E-state index in [1.807, 2.05) is 0 Å². The number of carbonyl (C=O) groups excluding carboxylic acids is 2. The van der Waals surface area contributed by atoms with Gasteiger partial charge in [0.15, 0.2) is 22.6 Å². The summed E-state index contributed by atoms with van der Waals surface area (Å²) in [6.45, 7) is 4.52. The molecule has 5 atom stereocenters. The number of halogens is 3. The lowest BCUT2D eigenvalue weighted by atomic mass is 9.98. The fourth-order valence-electron chi connectivity index (χ4n) is 6.28. The average molecular weight is 815 g/mol. The van der Waals surface area contributed by atoms with Crippen molar-refractivity contribution in [1.82, 2.24) is 24.6 Å². The molecule has 2 aromatic carbocycles. The lowest BCUT2D eigenvalue weighted by molar-refractivity contribution is -0.158. The monoisotopic (exact) mass is 814 g/mol. The average Bonchev–Trinajstić information content (AvgIpc) is 3.73. The van der Waals surface area contributed by atoms with Crippen molar-refractivity contribution in [3.05, 3.63) is 78.1 Å². The van der Waals surface area contributed by atoms with Crippen molar-refractivity contribution >= 4 is 36.7 Å². The van der Waals surface area contributed by atoms with Crippen molar-refractivity contribution < 1.29 is 50.6 Å². The Bertz CT molecular complexity index is 2080. The van der Waals surface area contributed by atoms with Crippen LogP contribution < -0.4 is 15.3 Å². The number of nitrogens with zero attached hydrogens (tertiary/aromatic N) is 4. The summed E-state index contributed by atoms with van der Waals surface area (Å²) in [5.74, 6) is -0.969. The number of hydrogen-bond donors (Lipinski definition) is 2. The predicted molar refractivity (Wildman–Crippen MR) is 203 cm³/mol. The Morgan fingerprint density at radius 3 is 2.47 bits per heavy atom. The molecular weight excluding hydrogens is 768 g/mol. The van der Waals surface area contributed by atoms with Gasteiger partial charge in [0.1, 0.15) is 42.4 Å². The van der Waals surface area contributed by atoms with Crippen molar-refractivity contribution in [1.29, 1.82) is 0 Å². The number of fused-ring (bicyclic) bond motifs is 1. The summed E-state index contributed by atoms with van der Waals surface area (Å²) in [5, 5.41) is 2.59. The number of terminal acetylenes is 1. The van der Waals surface area contributed by atoms with E-state index < -0.39 is 80.5 Å². The third-order valence-electron chi connectivity index (χ3n) is 9.00. The summed E-state index contributed by atoms with van der Waals surface area (Å²) >= 11 is 0. The van der Waals surface area contributed by atoms with Gasteiger partial charge >= 0.3 is 25.8 Å². The second kappa shape index (κ2) is 19.4. The van der Waals surface area contributed by atoms with Gasteiger partial charge in [0.05, 0.1) is 12.4 Å². The number of anilines is 1. The van der Waals surface area contributed by atoms with E-state index in [0.29, 0.717) is 12.5 Å². The minimum Gasteiger partial charge on any atom is -0.462 e. The molecule has 0 saturated carbocycles. The quantitative estimate of drug-likeness (QED) is 0.0303. The van der Waals surface area contributed by atoms with Gasteiger partial charge in [-0.25, -0.2) is 18.3 Å². The molecule has 3 heterocycles. The third-order valence-corrected chi connectivity index (χ3v) is 10.5. The minimum absolute atomic E-state index is 0.0315. The van der Waals surface area contributed by atoms with E-state index in [0.717, 1.165) is 44.2 Å². The van der Waals surface area contributed by atoms with Crippen LogP contribution in [-0.2, 0) is 39.3 Å². The van der Waals surface area contributed by atoms with E-state index >= 15 is 0 Å². The Labute approximate surface area is 328 Å². The van der Waals surface area contributed by atoms with Crippen LogP contribution in [0.3, 0.4) is 0 Å². The molecule has 1 aliphatic rings. The lowest BCUT2D eigenvalue weighted by Gasteiger charge is -2.31. The number of unbranched alkanes of at least 4 members (excludes halogenated alkanes) is 5. The Morgan fingerprint density at radius 2 is 1.79 bits per heavy atom. The number of aromatic nitrogens is 4. The van der Waals surface area contributed by atoms with E-state index in [1.54, 1.807) is 32.0 Å². The van der Waals surface area contributed by atoms with Gasteiger partial charge in [-0.3, -0.25) is 18.7 Å². The number of hydrogen-bond acceptors (Lipinski definition) is 12. The van der Waals surface area contributed by atoms with Crippen LogP contribution in [0.5, 0.6) is 5.75 Å². The molecule has 1 saturated heterocycles. The highest BCUT2D eigenvalue weighted by Gasteiger charge is 2.53. The summed E-state index contributed by atoms with van der Waals surface area (Å²) in [4.78, 5) is 38.2. The number of benzene rings is 2. The maximum Gasteiger partial charge on any atom is 0.459 e. The molecule has 0 spiro atoms. The van der Waals surface area contributed by atoms with Gasteiger partial charge in [-0.2, -0.15) is 19.4 Å². The van der Waals surface area contributed by atoms with Crippen LogP contribution >= 0.6 is 7.75 Å². The summed E-state index contributed by atoms with van der Waals surface area (Å²) in [6, 6.07) is 8.99. The van der Waals surface area contributed by atoms with Crippen LogP contribution in [0.4, 0.5) is 19.0 Å². The first kappa shape index (κ1) is 43.1. The first-order valence-corrected chi connectivity index (χ1v) is 20.2. The van der Waals surface area contributed by atoms with E-state index in [9.17, 15) is 27.3 Å². The molecule has 18 heteroatoms. The standard InChI is InChI=1S/C39H46F3N6O8P/c1-5-7-8-9-10-14-17-33(49)54-31-22-32(48-24-44-34-35(43)45-38(42)46-36(34)48)55-39(31,6-2)23-52-57(51,56-29-15-12-11-13-16-29)47-30(37(50)53-25(3)4)20-26-18-27(40)21-28(41)19-26/h2,11-13,15-16,18-19,21,24-25,30-32H,5,7-10,14,17,20,22-23H2,1,3-4H3,(H,47,51)(H2,43,45,46)/t30?,31?,32?,39?,57-/m0/s1. The zero-order valence-electron chi connectivity index (χ0n) is 31.9. The molecule has 0 bridgehead atoms. The largest absolute Gasteiger partial charge is 0.462 e. The Morgan fingerprint density at radius 1 is 1.09 bits per heavy atom. The molecule has 4 unspecified atom stereocenters. The van der Waals surface area contributed by atoms with Crippen LogP contribution in [0.25, 0.3) is 11.2 Å². The van der Waals surface area contributed by atoms with Crippen molar-refractivity contribution in [3.8, 4) is 18.1 Å². The van der Waals surface area contributed by atoms with Gasteiger partial charge in [-0.15, -0.1) is 6.42 Å². The summed E-state index contributed by atoms with van der Waals surface area (Å²) < 4.78 is 88.5. The van der Waals surface area contributed by atoms with E-state index in [-0.39, 0.29) is 41.1 Å². The number of nitrogens with one attached hydrogen (secondary N) is 1. The Hall–Kier alpha value is -5.01. The first-order valence-electron chi connectivity index (χ1n) is 18.7. The van der Waals surface area contributed by atoms with Gasteiger partial charge in [0.25, 0.3) is 0 Å². The molecule has 3 N–H and O–H groups in total. The Kier molecular flexibility index (Phi) is 14.7. The maximum absolute atomic E-state index is 14.8. The molecule has 0 radical (unpaired) electrons. The Balaban J connectivity index is 1.47. The molecule has 1 aliphatic heterocycles. The van der Waals surface area contributed by atoms with Crippen LogP contribution in [0.2, 0.25) is 0 Å². The highest BCUT2D eigenvalue weighted by Crippen LogP contribution is 2.49. The van der Waals surface area contributed by atoms with Crippen molar-refractivity contribution in [2.45, 2.75) is 109 Å². The predicted octanol–water partition coefficient (Wildman–Crippen LogP) is 7.14. The van der Waals surface area contributed by atoms with Crippen molar-refractivity contribution in [3.63, 3.8) is 0 Å². The summed E-state index contributed by atoms with van der Waals surface area (Å²) in [6.07, 6.45) is 8.44. The number of nitrogens with two attached hydrogens (primary N) is 1. The SMILES string of the molecule is C#CC1(CO[P@@](=O)(NC(Cc2cc(F)cc(F)c2)C(=O)OC(C)C)Oc2ccccc2)OC(n2cnc3c(N)nc(F)nc32)CC1OC(=O)CCCCCCCC. The van der Waals surface area contributed by atoms with Crippen molar-refractivity contribution in [2.24, 2.45) is 0 Å². The van der Waals surface area contributed by atoms with Crippen LogP contribution in [0.1, 0.15) is 83.9 Å². The number of rotatable bonds is 20. The molecule has 2 aromatic heterocycles. The summed E-state index contributed by atoms with van der Waals surface area (Å²) in [7, 11) is -4.75. The topological polar surface area (TPSA) is 179 Å². The zero-order chi connectivity index (χ0) is 41.2. The smallest absolute Gasteiger partial charge is 0.459 e. The number of para-hydroxylation sites is 1. The van der Waals surface area contributed by atoms with Crippen LogP contribution in [-0.4, -0.2) is 61.9 Å². The van der Waals surface area contributed by atoms with Gasteiger partial charge in [0.2, 0.25) is 0 Å². The number of carbonyl (C=O) groups is 2. The number of imidazole rings is 1. The normalized spacial score (nSPS) is 19.5. The molecule has 5 rings (SSSR count). The van der Waals surface area contributed by atoms with Gasteiger partial charge in [-0.1, -0.05) is 63.1 Å². The zero-order valence-corrected chi connectivity index (χ0v) is 32.8. The fourth-order valence-corrected chi connectivity index (χ4v) is 7.80. The number of esters is 2. The molecule has 306 valence electrons. The van der Waals surface area contributed by atoms with Crippen LogP contribution in [0.15, 0.2) is 54.9 Å². The molecule has 57 heavy (non-hydrogen) atoms. The maximum atomic E-state index is 14.8. The fraction of sp³-hybridized carbons (Fsp3) is 0.462. The second-order valence-electron chi connectivity index (χ2n) is 13.9. The lowest BCUT2D eigenvalue weighted by Crippen LogP contribution is -2.46. The van der Waals surface area contributed by atoms with Gasteiger partial charge < -0.3 is 24.5 Å². The second-order valence-corrected chi connectivity index (χ2v) is 15.6. The van der Waals surface area contributed by atoms with E-state index in [1.165, 1.54) is 23.0 Å². The highest BCUT2D eigenvalue weighted by atomic mass is 31.2. The van der Waals surface area contributed by atoms with Gasteiger partial charge in [-0.05, 0) is 56.5 Å². The number of ether oxygens (including phenoxy) is 3. The highest BCUT2D eigenvalue weighted by molar-refractivity contribution is 7.52. The molecule has 0 amide bonds. The summed E-state index contributed by atoms with van der Waals surface area (Å²) in [5.41, 5.74) is 4.00. The van der Waals surface area contributed by atoms with E-state index in [4.69, 9.17) is 35.4 Å². The molecular formula is C39H46F3N6O8P. The third kappa shape index (κ3) is 11.5. The van der Waals surface area contributed by atoms with Crippen LogP contribution in [0, 0.1) is 30.1 Å². The molecule has 1 fully saturated rings. The van der Waals surface area contributed by atoms with Gasteiger partial charge in [0, 0.05) is 18.9 Å². The molecule has 0 aliphatic carbocycles. The number of nitrogen functional groups attached to an aromatic ring is 1.